The van der Waals surface area contributed by atoms with Crippen LogP contribution in [0.15, 0.2) is 53.2 Å². The van der Waals surface area contributed by atoms with Gasteiger partial charge >= 0.3 is 0 Å². The molecule has 0 saturated carbocycles. The van der Waals surface area contributed by atoms with Crippen LogP contribution in [0.3, 0.4) is 0 Å². The third-order valence-electron chi connectivity index (χ3n) is 11.0. The summed E-state index contributed by atoms with van der Waals surface area (Å²) in [5, 5.41) is 3.32. The molecule has 0 amide bonds. The summed E-state index contributed by atoms with van der Waals surface area (Å²) in [6.07, 6.45) is 50.1. The number of nitrogens with zero attached hydrogens (tertiary/aromatic N) is 2. The van der Waals surface area contributed by atoms with Crippen molar-refractivity contribution in [1.29, 1.82) is 0 Å². The smallest absolute Gasteiger partial charge is 0.169 e. The van der Waals surface area contributed by atoms with Crippen molar-refractivity contribution in [2.45, 2.75) is 199 Å². The fourth-order valence-corrected chi connectivity index (χ4v) is 7.70. The predicted octanol–water partition coefficient (Wildman–Crippen LogP) is 12.4. The molecule has 2 saturated heterocycles. The Morgan fingerprint density at radius 2 is 1.40 bits per heavy atom. The van der Waals surface area contributed by atoms with E-state index >= 15 is 0 Å². The van der Waals surface area contributed by atoms with Crippen LogP contribution in [0.2, 0.25) is 0 Å². The molecule has 286 valence electrons. The lowest BCUT2D eigenvalue weighted by Gasteiger charge is -2.33. The van der Waals surface area contributed by atoms with Crippen molar-refractivity contribution < 1.29 is 9.47 Å². The second kappa shape index (κ2) is 27.9. The Morgan fingerprint density at radius 3 is 2.08 bits per heavy atom. The highest BCUT2D eigenvalue weighted by Crippen LogP contribution is 2.40. The van der Waals surface area contributed by atoms with Crippen LogP contribution in [-0.4, -0.2) is 55.4 Å². The van der Waals surface area contributed by atoms with Crippen molar-refractivity contribution in [3.8, 4) is 0 Å². The van der Waals surface area contributed by atoms with Gasteiger partial charge in [-0.25, -0.2) is 0 Å². The van der Waals surface area contributed by atoms with Crippen LogP contribution in [0.4, 0.5) is 0 Å². The van der Waals surface area contributed by atoms with E-state index in [4.69, 9.17) is 9.47 Å². The quantitative estimate of drug-likeness (QED) is 0.0601. The highest BCUT2D eigenvalue weighted by atomic mass is 16.8. The van der Waals surface area contributed by atoms with Crippen molar-refractivity contribution in [2.24, 2.45) is 10.9 Å². The van der Waals surface area contributed by atoms with Gasteiger partial charge in [-0.2, -0.15) is 0 Å². The molecule has 3 aliphatic heterocycles. The number of fused-ring (bicyclic) bond motifs is 1. The van der Waals surface area contributed by atoms with E-state index in [2.05, 4.69) is 78.5 Å². The van der Waals surface area contributed by atoms with Crippen LogP contribution in [0.25, 0.3) is 0 Å². The maximum Gasteiger partial charge on any atom is 0.169 e. The Balaban J connectivity index is 1.34. The molecule has 50 heavy (non-hydrogen) atoms. The number of aliphatic imine (C=N–C) groups is 1. The monoisotopic (exact) mass is 694 g/mol. The number of likely N-dealkylation sites (tertiary alicyclic amines) is 1. The van der Waals surface area contributed by atoms with Gasteiger partial charge in [-0.15, -0.1) is 0 Å². The zero-order valence-corrected chi connectivity index (χ0v) is 33.1. The van der Waals surface area contributed by atoms with Crippen LogP contribution in [0, 0.1) is 5.92 Å². The summed E-state index contributed by atoms with van der Waals surface area (Å²) in [5.74, 6) is 0.464. The first kappa shape index (κ1) is 42.7. The summed E-state index contributed by atoms with van der Waals surface area (Å²) in [6.45, 7) is 10.9. The minimum absolute atomic E-state index is 0.218. The summed E-state index contributed by atoms with van der Waals surface area (Å²) in [4.78, 5) is 6.84. The molecule has 3 heterocycles. The van der Waals surface area contributed by atoms with Crippen molar-refractivity contribution in [2.75, 3.05) is 26.2 Å². The normalized spacial score (nSPS) is 23.3. The average molecular weight is 694 g/mol. The number of ether oxygens (including phenoxy) is 2. The van der Waals surface area contributed by atoms with Crippen molar-refractivity contribution in [1.82, 2.24) is 10.2 Å². The summed E-state index contributed by atoms with van der Waals surface area (Å²) >= 11 is 0. The lowest BCUT2D eigenvalue weighted by Crippen LogP contribution is -2.45. The molecule has 4 unspecified atom stereocenters. The van der Waals surface area contributed by atoms with E-state index in [0.29, 0.717) is 0 Å². The molecule has 0 aliphatic carbocycles. The fourth-order valence-electron chi connectivity index (χ4n) is 7.70. The van der Waals surface area contributed by atoms with Gasteiger partial charge in [0.2, 0.25) is 0 Å². The molecule has 4 atom stereocenters. The number of rotatable bonds is 30. The highest BCUT2D eigenvalue weighted by molar-refractivity contribution is 5.59. The number of unbranched alkanes of at least 4 members (excludes halogenated alkanes) is 14. The summed E-state index contributed by atoms with van der Waals surface area (Å²) in [5.41, 5.74) is 1.30. The predicted molar refractivity (Wildman–Crippen MR) is 217 cm³/mol. The second-order valence-electron chi connectivity index (χ2n) is 15.7. The fraction of sp³-hybridized carbons (Fsp3) is 0.800. The van der Waals surface area contributed by atoms with Crippen molar-refractivity contribution in [3.63, 3.8) is 0 Å². The van der Waals surface area contributed by atoms with Crippen molar-refractivity contribution >= 4 is 6.34 Å². The molecule has 5 nitrogen and oxygen atoms in total. The Kier molecular flexibility index (Phi) is 23.8. The summed E-state index contributed by atoms with van der Waals surface area (Å²) < 4.78 is 13.9. The van der Waals surface area contributed by atoms with Crippen LogP contribution >= 0.6 is 0 Å². The highest BCUT2D eigenvalue weighted by Gasteiger charge is 2.48. The van der Waals surface area contributed by atoms with Crippen molar-refractivity contribution in [3.05, 3.63) is 48.2 Å². The van der Waals surface area contributed by atoms with Crippen LogP contribution in [0.5, 0.6) is 0 Å². The lowest BCUT2D eigenvalue weighted by molar-refractivity contribution is -0.185. The summed E-state index contributed by atoms with van der Waals surface area (Å²) in [6, 6.07) is 0. The Morgan fingerprint density at radius 1 is 0.780 bits per heavy atom. The van der Waals surface area contributed by atoms with Gasteiger partial charge in [0.05, 0.1) is 25.1 Å². The van der Waals surface area contributed by atoms with Crippen LogP contribution in [-0.2, 0) is 9.47 Å². The number of hydrogen-bond donors (Lipinski definition) is 1. The minimum atomic E-state index is -0.358. The third kappa shape index (κ3) is 19.2. The maximum absolute atomic E-state index is 6.98. The van der Waals surface area contributed by atoms with E-state index in [0.717, 1.165) is 64.2 Å². The summed E-state index contributed by atoms with van der Waals surface area (Å²) in [7, 11) is 0. The zero-order chi connectivity index (χ0) is 35.4. The standard InChI is InChI=1S/C45H79N3O2/c1-4-6-8-10-11-12-13-14-15-16-17-19-23-27-34-45(35-28-24-20-18-22-26-30-41(3)29-25-21-9-7-5-2)49-43-33-38-48(39-44(43)50-45)37-32-42-31-36-46-40-47-42/h10-11,13-14,21,25,31,40-41,43-44H,4-9,12,15-20,22-24,26-30,32-39H2,1-3H3,(H,46,47)/b11-10+,14-13+,25-21+. The van der Waals surface area contributed by atoms with Gasteiger partial charge in [-0.3, -0.25) is 4.99 Å². The van der Waals surface area contributed by atoms with Gasteiger partial charge in [0, 0.05) is 38.2 Å². The zero-order valence-electron chi connectivity index (χ0n) is 33.1. The third-order valence-corrected chi connectivity index (χ3v) is 11.0. The van der Waals surface area contributed by atoms with Gasteiger partial charge in [0.25, 0.3) is 0 Å². The van der Waals surface area contributed by atoms with Gasteiger partial charge in [0.1, 0.15) is 0 Å². The Labute approximate surface area is 309 Å². The second-order valence-corrected chi connectivity index (χ2v) is 15.7. The first-order valence-corrected chi connectivity index (χ1v) is 21.6. The van der Waals surface area contributed by atoms with E-state index in [9.17, 15) is 0 Å². The van der Waals surface area contributed by atoms with E-state index < -0.39 is 0 Å². The molecule has 0 aromatic carbocycles. The molecule has 5 heteroatoms. The number of hydrogen-bond acceptors (Lipinski definition) is 5. The van der Waals surface area contributed by atoms with Crippen LogP contribution in [0.1, 0.15) is 181 Å². The molecule has 0 bridgehead atoms. The topological polar surface area (TPSA) is 46.1 Å². The molecule has 3 rings (SSSR count). The van der Waals surface area contributed by atoms with E-state index in [1.165, 1.54) is 134 Å². The Bertz CT molecular complexity index is 987. The Hall–Kier alpha value is -1.69. The SMILES string of the molecule is CCCC/C=C/C/C=C/CCCCCCCC1(CCCCCCCCC(C)C/C=C/CCCC)OC2CCN(CCC3=CCN=CN3)CC2O1. The average Bonchev–Trinajstić information content (AvgIpc) is 3.50. The van der Waals surface area contributed by atoms with Gasteiger partial charge in [-0.05, 0) is 76.2 Å². The molecular weight excluding hydrogens is 615 g/mol. The largest absolute Gasteiger partial charge is 0.350 e. The molecular formula is C45H79N3O2. The molecule has 0 radical (unpaired) electrons. The minimum Gasteiger partial charge on any atom is -0.350 e. The molecule has 1 N–H and O–H groups in total. The molecule has 0 aromatic heterocycles. The molecule has 2 fully saturated rings. The first-order chi connectivity index (χ1) is 24.6. The lowest BCUT2D eigenvalue weighted by atomic mass is 9.97. The molecule has 0 aromatic rings. The molecule has 3 aliphatic rings. The van der Waals surface area contributed by atoms with E-state index in [1.807, 2.05) is 6.34 Å². The number of piperidine rings is 1. The van der Waals surface area contributed by atoms with E-state index in [-0.39, 0.29) is 18.0 Å². The number of nitrogens with one attached hydrogen (secondary N) is 1. The van der Waals surface area contributed by atoms with Crippen LogP contribution < -0.4 is 5.32 Å². The van der Waals surface area contributed by atoms with Gasteiger partial charge in [-0.1, -0.05) is 141 Å². The van der Waals surface area contributed by atoms with E-state index in [1.54, 1.807) is 0 Å². The molecule has 0 spiro atoms. The number of allylic oxidation sites excluding steroid dienone is 6. The maximum atomic E-state index is 6.98. The van der Waals surface area contributed by atoms with Gasteiger partial charge in [0.15, 0.2) is 5.79 Å². The first-order valence-electron chi connectivity index (χ1n) is 21.6. The van der Waals surface area contributed by atoms with Gasteiger partial charge < -0.3 is 19.7 Å².